The summed E-state index contributed by atoms with van der Waals surface area (Å²) in [6, 6.07) is 22.6. The molecular formula is C27H23ClN2O3. The van der Waals surface area contributed by atoms with E-state index in [1.807, 2.05) is 66.4 Å². The maximum Gasteiger partial charge on any atom is 0.278 e. The van der Waals surface area contributed by atoms with Crippen LogP contribution in [0, 0.1) is 0 Å². The second kappa shape index (κ2) is 8.75. The Morgan fingerprint density at radius 1 is 0.909 bits per heavy atom. The predicted octanol–water partition coefficient (Wildman–Crippen LogP) is 5.08. The second-order valence-corrected chi connectivity index (χ2v) is 8.47. The fourth-order valence-electron chi connectivity index (χ4n) is 4.44. The number of anilines is 1. The van der Waals surface area contributed by atoms with Crippen LogP contribution in [-0.2, 0) is 22.6 Å². The van der Waals surface area contributed by atoms with E-state index in [9.17, 15) is 9.59 Å². The normalized spacial score (nSPS) is 15.5. The molecule has 0 spiro atoms. The first-order valence-electron chi connectivity index (χ1n) is 11.0. The van der Waals surface area contributed by atoms with Crippen molar-refractivity contribution in [2.75, 3.05) is 18.1 Å². The molecule has 0 fully saturated rings. The van der Waals surface area contributed by atoms with Crippen molar-refractivity contribution in [2.24, 2.45) is 0 Å². The van der Waals surface area contributed by atoms with Gasteiger partial charge >= 0.3 is 0 Å². The number of carbonyl (C=O) groups is 2. The van der Waals surface area contributed by atoms with Crippen molar-refractivity contribution in [1.29, 1.82) is 0 Å². The summed E-state index contributed by atoms with van der Waals surface area (Å²) in [6.45, 7) is 3.33. The van der Waals surface area contributed by atoms with E-state index in [1.165, 1.54) is 10.5 Å². The van der Waals surface area contributed by atoms with Crippen LogP contribution >= 0.6 is 11.6 Å². The number of carbonyl (C=O) groups excluding carboxylic acids is 2. The fourth-order valence-corrected chi connectivity index (χ4v) is 4.57. The Labute approximate surface area is 197 Å². The zero-order valence-corrected chi connectivity index (χ0v) is 19.0. The SMILES string of the molecule is CCOc1ccc(C2=C(N3CCc4ccccc43)C(=O)N(Cc3ccc(Cl)cc3)C2=O)cc1. The lowest BCUT2D eigenvalue weighted by Gasteiger charge is -2.22. The molecule has 0 unspecified atom stereocenters. The van der Waals surface area contributed by atoms with E-state index in [4.69, 9.17) is 16.3 Å². The van der Waals surface area contributed by atoms with Crippen molar-refractivity contribution in [2.45, 2.75) is 19.9 Å². The summed E-state index contributed by atoms with van der Waals surface area (Å²) >= 11 is 6.01. The van der Waals surface area contributed by atoms with Crippen LogP contribution in [0.1, 0.15) is 23.6 Å². The highest BCUT2D eigenvalue weighted by molar-refractivity contribution is 6.36. The number of imide groups is 1. The molecule has 166 valence electrons. The quantitative estimate of drug-likeness (QED) is 0.483. The Kier molecular flexibility index (Phi) is 5.65. The monoisotopic (exact) mass is 458 g/mol. The Morgan fingerprint density at radius 2 is 1.64 bits per heavy atom. The van der Waals surface area contributed by atoms with Crippen LogP contribution in [0.25, 0.3) is 5.57 Å². The molecule has 0 atom stereocenters. The van der Waals surface area contributed by atoms with Crippen molar-refractivity contribution in [1.82, 2.24) is 4.90 Å². The van der Waals surface area contributed by atoms with Crippen LogP contribution in [0.3, 0.4) is 0 Å². The molecule has 0 aromatic heterocycles. The molecule has 5 nitrogen and oxygen atoms in total. The first-order chi connectivity index (χ1) is 16.1. The van der Waals surface area contributed by atoms with Crippen molar-refractivity contribution < 1.29 is 14.3 Å². The highest BCUT2D eigenvalue weighted by atomic mass is 35.5. The van der Waals surface area contributed by atoms with Crippen molar-refractivity contribution in [3.05, 3.63) is 100 Å². The van der Waals surface area contributed by atoms with Gasteiger partial charge in [0.15, 0.2) is 0 Å². The van der Waals surface area contributed by atoms with Gasteiger partial charge in [-0.05, 0) is 60.4 Å². The fraction of sp³-hybridized carbons (Fsp3) is 0.185. The van der Waals surface area contributed by atoms with E-state index < -0.39 is 0 Å². The number of benzene rings is 3. The number of para-hydroxylation sites is 1. The van der Waals surface area contributed by atoms with E-state index in [2.05, 4.69) is 6.07 Å². The van der Waals surface area contributed by atoms with Gasteiger partial charge in [-0.15, -0.1) is 0 Å². The third kappa shape index (κ3) is 3.89. The van der Waals surface area contributed by atoms with Gasteiger partial charge in [0, 0.05) is 17.3 Å². The van der Waals surface area contributed by atoms with Gasteiger partial charge in [-0.1, -0.05) is 54.1 Å². The second-order valence-electron chi connectivity index (χ2n) is 8.03. The maximum absolute atomic E-state index is 13.7. The molecule has 0 saturated heterocycles. The lowest BCUT2D eigenvalue weighted by molar-refractivity contribution is -0.137. The number of hydrogen-bond donors (Lipinski definition) is 0. The number of amides is 2. The molecule has 0 radical (unpaired) electrons. The van der Waals surface area contributed by atoms with E-state index in [0.29, 0.717) is 35.0 Å². The molecule has 0 saturated carbocycles. The van der Waals surface area contributed by atoms with Crippen LogP contribution in [0.4, 0.5) is 5.69 Å². The zero-order valence-electron chi connectivity index (χ0n) is 18.3. The average molecular weight is 459 g/mol. The number of hydrogen-bond acceptors (Lipinski definition) is 4. The smallest absolute Gasteiger partial charge is 0.278 e. The average Bonchev–Trinajstić information content (AvgIpc) is 3.35. The maximum atomic E-state index is 13.7. The standard InChI is InChI=1S/C27H23ClN2O3/c1-2-33-22-13-9-20(10-14-22)24-25(29-16-15-19-5-3-4-6-23(19)29)27(32)30(26(24)31)17-18-7-11-21(28)12-8-18/h3-14H,2,15-17H2,1H3. The lowest BCUT2D eigenvalue weighted by atomic mass is 10.0. The van der Waals surface area contributed by atoms with Gasteiger partial charge in [-0.25, -0.2) is 0 Å². The van der Waals surface area contributed by atoms with Crippen LogP contribution in [0.5, 0.6) is 5.75 Å². The summed E-state index contributed by atoms with van der Waals surface area (Å²) in [5, 5.41) is 0.611. The molecule has 3 aromatic carbocycles. The Bertz CT molecular complexity index is 1250. The van der Waals surface area contributed by atoms with E-state index in [0.717, 1.165) is 23.4 Å². The molecule has 0 N–H and O–H groups in total. The summed E-state index contributed by atoms with van der Waals surface area (Å²) in [7, 11) is 0. The lowest BCUT2D eigenvalue weighted by Crippen LogP contribution is -2.34. The number of fused-ring (bicyclic) bond motifs is 1. The van der Waals surface area contributed by atoms with Gasteiger partial charge in [-0.2, -0.15) is 0 Å². The highest BCUT2D eigenvalue weighted by Crippen LogP contribution is 2.39. The molecular weight excluding hydrogens is 436 g/mol. The van der Waals surface area contributed by atoms with Crippen LogP contribution < -0.4 is 9.64 Å². The van der Waals surface area contributed by atoms with Gasteiger partial charge in [0.05, 0.1) is 18.7 Å². The van der Waals surface area contributed by atoms with Gasteiger partial charge in [-0.3, -0.25) is 14.5 Å². The van der Waals surface area contributed by atoms with Gasteiger partial charge in [0.25, 0.3) is 11.8 Å². The van der Waals surface area contributed by atoms with Gasteiger partial charge < -0.3 is 9.64 Å². The minimum atomic E-state index is -0.293. The number of rotatable bonds is 6. The van der Waals surface area contributed by atoms with E-state index in [-0.39, 0.29) is 18.4 Å². The van der Waals surface area contributed by atoms with Crippen LogP contribution in [-0.4, -0.2) is 29.9 Å². The highest BCUT2D eigenvalue weighted by Gasteiger charge is 2.43. The number of halogens is 1. The topological polar surface area (TPSA) is 49.9 Å². The van der Waals surface area contributed by atoms with E-state index >= 15 is 0 Å². The van der Waals surface area contributed by atoms with Crippen LogP contribution in [0.15, 0.2) is 78.5 Å². The van der Waals surface area contributed by atoms with Crippen molar-refractivity contribution >= 4 is 34.7 Å². The molecule has 0 aliphatic carbocycles. The van der Waals surface area contributed by atoms with Crippen molar-refractivity contribution in [3.63, 3.8) is 0 Å². The van der Waals surface area contributed by atoms with Crippen LogP contribution in [0.2, 0.25) is 5.02 Å². The molecule has 2 amide bonds. The first kappa shape index (κ1) is 21.3. The number of nitrogens with zero attached hydrogens (tertiary/aromatic N) is 2. The third-order valence-corrected chi connectivity index (χ3v) is 6.26. The minimum absolute atomic E-state index is 0.189. The summed E-state index contributed by atoms with van der Waals surface area (Å²) < 4.78 is 5.55. The Hall–Kier alpha value is -3.57. The number of ether oxygens (including phenoxy) is 1. The molecule has 0 bridgehead atoms. The summed E-state index contributed by atoms with van der Waals surface area (Å²) in [5.41, 5.74) is 4.56. The third-order valence-electron chi connectivity index (χ3n) is 6.01. The van der Waals surface area contributed by atoms with E-state index in [1.54, 1.807) is 12.1 Å². The largest absolute Gasteiger partial charge is 0.494 e. The molecule has 6 heteroatoms. The molecule has 2 heterocycles. The van der Waals surface area contributed by atoms with Crippen molar-refractivity contribution in [3.8, 4) is 5.75 Å². The molecule has 2 aliphatic rings. The minimum Gasteiger partial charge on any atom is -0.494 e. The molecule has 5 rings (SSSR count). The Morgan fingerprint density at radius 3 is 2.36 bits per heavy atom. The van der Waals surface area contributed by atoms with Gasteiger partial charge in [0.1, 0.15) is 11.4 Å². The molecule has 33 heavy (non-hydrogen) atoms. The zero-order chi connectivity index (χ0) is 22.9. The summed E-state index contributed by atoms with van der Waals surface area (Å²) in [5.74, 6) is 0.152. The predicted molar refractivity (Wildman–Crippen MR) is 129 cm³/mol. The molecule has 2 aliphatic heterocycles. The molecule has 3 aromatic rings. The summed E-state index contributed by atoms with van der Waals surface area (Å²) in [4.78, 5) is 30.6. The first-order valence-corrected chi connectivity index (χ1v) is 11.4. The van der Waals surface area contributed by atoms with Gasteiger partial charge in [0.2, 0.25) is 0 Å². The Balaban J connectivity index is 1.57. The summed E-state index contributed by atoms with van der Waals surface area (Å²) in [6.07, 6.45) is 0.828.